The fourth-order valence-electron chi connectivity index (χ4n) is 1.99. The Labute approximate surface area is 108 Å². The van der Waals surface area contributed by atoms with Gasteiger partial charge in [0.2, 0.25) is 0 Å². The zero-order valence-electron chi connectivity index (χ0n) is 11.2. The van der Waals surface area contributed by atoms with E-state index in [4.69, 9.17) is 4.74 Å². The molecule has 0 aliphatic carbocycles. The number of ether oxygens (including phenoxy) is 1. The van der Waals surface area contributed by atoms with E-state index < -0.39 is 0 Å². The van der Waals surface area contributed by atoms with E-state index in [1.54, 1.807) is 0 Å². The number of aryl methyl sites for hydroxylation is 1. The van der Waals surface area contributed by atoms with Crippen LogP contribution >= 0.6 is 0 Å². The number of rotatable bonds is 5. The van der Waals surface area contributed by atoms with Crippen molar-refractivity contribution >= 4 is 10.9 Å². The maximum Gasteiger partial charge on any atom is 0.146 e. The molecule has 0 fully saturated rings. The first-order valence-corrected chi connectivity index (χ1v) is 6.42. The first-order chi connectivity index (χ1) is 8.74. The predicted octanol–water partition coefficient (Wildman–Crippen LogP) is 2.92. The summed E-state index contributed by atoms with van der Waals surface area (Å²) in [5, 5.41) is 4.28. The normalized spacial score (nSPS) is 12.6. The number of hydrogen-bond acceptors (Lipinski definition) is 3. The van der Waals surface area contributed by atoms with Crippen molar-refractivity contribution in [3.63, 3.8) is 0 Å². The third-order valence-corrected chi connectivity index (χ3v) is 3.00. The third kappa shape index (κ3) is 2.79. The largest absolute Gasteiger partial charge is 0.487 e. The Hall–Kier alpha value is -1.61. The highest BCUT2D eigenvalue weighted by Gasteiger charge is 2.10. The number of nitrogens with one attached hydrogen (secondary N) is 1. The summed E-state index contributed by atoms with van der Waals surface area (Å²) in [5.41, 5.74) is 1.97. The summed E-state index contributed by atoms with van der Waals surface area (Å²) in [6, 6.07) is 10.2. The quantitative estimate of drug-likeness (QED) is 0.878. The van der Waals surface area contributed by atoms with Gasteiger partial charge in [0.15, 0.2) is 0 Å². The Balaban J connectivity index is 2.34. The van der Waals surface area contributed by atoms with E-state index in [0.717, 1.165) is 35.3 Å². The molecule has 1 atom stereocenters. The minimum absolute atomic E-state index is 0.183. The first kappa shape index (κ1) is 12.8. The Bertz CT molecular complexity index is 525. The molecule has 1 aromatic heterocycles. The highest BCUT2D eigenvalue weighted by atomic mass is 16.5. The zero-order valence-corrected chi connectivity index (χ0v) is 11.2. The van der Waals surface area contributed by atoms with E-state index in [2.05, 4.69) is 29.4 Å². The number of fused-ring (bicyclic) bond motifs is 1. The molecule has 0 bridgehead atoms. The van der Waals surface area contributed by atoms with Crippen LogP contribution in [0.25, 0.3) is 10.9 Å². The van der Waals surface area contributed by atoms with Crippen molar-refractivity contribution in [3.8, 4) is 5.75 Å². The molecule has 1 aromatic carbocycles. The standard InChI is InChI=1S/C15H20N2O/c1-4-13(10-16-3)18-14-7-5-6-12-9-8-11(2)17-15(12)14/h5-9,13,16H,4,10H2,1-3H3. The summed E-state index contributed by atoms with van der Waals surface area (Å²) >= 11 is 0. The molecule has 0 aliphatic rings. The summed E-state index contributed by atoms with van der Waals surface area (Å²) in [7, 11) is 1.94. The molecule has 1 N–H and O–H groups in total. The summed E-state index contributed by atoms with van der Waals surface area (Å²) in [6.07, 6.45) is 1.16. The summed E-state index contributed by atoms with van der Waals surface area (Å²) in [6.45, 7) is 4.98. The average Bonchev–Trinajstić information content (AvgIpc) is 2.38. The van der Waals surface area contributed by atoms with Crippen LogP contribution in [0.2, 0.25) is 0 Å². The van der Waals surface area contributed by atoms with Crippen molar-refractivity contribution < 1.29 is 4.74 Å². The fourth-order valence-corrected chi connectivity index (χ4v) is 1.99. The van der Waals surface area contributed by atoms with Gasteiger partial charge in [0, 0.05) is 17.6 Å². The number of aromatic nitrogens is 1. The zero-order chi connectivity index (χ0) is 13.0. The molecular formula is C15H20N2O. The molecule has 96 valence electrons. The highest BCUT2D eigenvalue weighted by Crippen LogP contribution is 2.25. The van der Waals surface area contributed by atoms with Crippen LogP contribution in [-0.4, -0.2) is 24.7 Å². The maximum absolute atomic E-state index is 6.05. The lowest BCUT2D eigenvalue weighted by Gasteiger charge is -2.18. The van der Waals surface area contributed by atoms with Crippen molar-refractivity contribution in [2.24, 2.45) is 0 Å². The first-order valence-electron chi connectivity index (χ1n) is 6.42. The Kier molecular flexibility index (Phi) is 4.15. The van der Waals surface area contributed by atoms with Gasteiger partial charge in [-0.1, -0.05) is 25.1 Å². The molecule has 3 nitrogen and oxygen atoms in total. The van der Waals surface area contributed by atoms with Crippen molar-refractivity contribution in [2.45, 2.75) is 26.4 Å². The summed E-state index contributed by atoms with van der Waals surface area (Å²) < 4.78 is 6.05. The molecule has 0 amide bonds. The average molecular weight is 244 g/mol. The highest BCUT2D eigenvalue weighted by molar-refractivity contribution is 5.84. The van der Waals surface area contributed by atoms with Gasteiger partial charge >= 0.3 is 0 Å². The van der Waals surface area contributed by atoms with Crippen molar-refractivity contribution in [3.05, 3.63) is 36.0 Å². The van der Waals surface area contributed by atoms with Crippen LogP contribution in [0.15, 0.2) is 30.3 Å². The molecule has 1 unspecified atom stereocenters. The summed E-state index contributed by atoms with van der Waals surface area (Å²) in [4.78, 5) is 4.58. The minimum atomic E-state index is 0.183. The molecule has 3 heteroatoms. The van der Waals surface area contributed by atoms with Gasteiger partial charge in [0.1, 0.15) is 17.4 Å². The van der Waals surface area contributed by atoms with Crippen LogP contribution in [0.1, 0.15) is 19.0 Å². The molecule has 0 aliphatic heterocycles. The molecule has 0 radical (unpaired) electrons. The van der Waals surface area contributed by atoms with Crippen LogP contribution < -0.4 is 10.1 Å². The van der Waals surface area contributed by atoms with Crippen LogP contribution in [0.4, 0.5) is 0 Å². The van der Waals surface area contributed by atoms with Gasteiger partial charge in [0.05, 0.1) is 0 Å². The van der Waals surface area contributed by atoms with E-state index in [-0.39, 0.29) is 6.10 Å². The van der Waals surface area contributed by atoms with E-state index in [0.29, 0.717) is 0 Å². The Morgan fingerprint density at radius 1 is 1.28 bits per heavy atom. The van der Waals surface area contributed by atoms with Crippen LogP contribution in [0.5, 0.6) is 5.75 Å². The topological polar surface area (TPSA) is 34.1 Å². The number of likely N-dealkylation sites (N-methyl/N-ethyl adjacent to an activating group) is 1. The molecule has 18 heavy (non-hydrogen) atoms. The van der Waals surface area contributed by atoms with Crippen LogP contribution in [-0.2, 0) is 0 Å². The van der Waals surface area contributed by atoms with Gasteiger partial charge in [-0.3, -0.25) is 0 Å². The van der Waals surface area contributed by atoms with Crippen molar-refractivity contribution in [2.75, 3.05) is 13.6 Å². The number of pyridine rings is 1. The van der Waals surface area contributed by atoms with E-state index in [1.807, 2.05) is 32.2 Å². The fraction of sp³-hybridized carbons (Fsp3) is 0.400. The molecule has 0 saturated heterocycles. The lowest BCUT2D eigenvalue weighted by molar-refractivity contribution is 0.198. The third-order valence-electron chi connectivity index (χ3n) is 3.00. The van der Waals surface area contributed by atoms with E-state index in [9.17, 15) is 0 Å². The van der Waals surface area contributed by atoms with E-state index >= 15 is 0 Å². The van der Waals surface area contributed by atoms with Gasteiger partial charge in [-0.25, -0.2) is 4.98 Å². The second kappa shape index (κ2) is 5.83. The molecule has 0 spiro atoms. The Morgan fingerprint density at radius 2 is 2.11 bits per heavy atom. The molecule has 1 heterocycles. The van der Waals surface area contributed by atoms with Crippen molar-refractivity contribution in [1.82, 2.24) is 10.3 Å². The van der Waals surface area contributed by atoms with Gasteiger partial charge in [-0.2, -0.15) is 0 Å². The van der Waals surface area contributed by atoms with Crippen molar-refractivity contribution in [1.29, 1.82) is 0 Å². The molecular weight excluding hydrogens is 224 g/mol. The minimum Gasteiger partial charge on any atom is -0.487 e. The SMILES string of the molecule is CCC(CNC)Oc1cccc2ccc(C)nc12. The van der Waals surface area contributed by atoms with Crippen LogP contribution in [0.3, 0.4) is 0 Å². The molecule has 2 aromatic rings. The lowest BCUT2D eigenvalue weighted by Crippen LogP contribution is -2.28. The van der Waals surface area contributed by atoms with Gasteiger partial charge in [-0.15, -0.1) is 0 Å². The number of hydrogen-bond donors (Lipinski definition) is 1. The summed E-state index contributed by atoms with van der Waals surface area (Å²) in [5.74, 6) is 0.873. The van der Waals surface area contributed by atoms with Crippen LogP contribution in [0, 0.1) is 6.92 Å². The predicted molar refractivity (Wildman–Crippen MR) is 75.1 cm³/mol. The number of para-hydroxylation sites is 1. The smallest absolute Gasteiger partial charge is 0.146 e. The molecule has 0 saturated carbocycles. The monoisotopic (exact) mass is 244 g/mol. The van der Waals surface area contributed by atoms with E-state index in [1.165, 1.54) is 0 Å². The Morgan fingerprint density at radius 3 is 2.83 bits per heavy atom. The maximum atomic E-state index is 6.05. The number of nitrogens with zero attached hydrogens (tertiary/aromatic N) is 1. The molecule has 2 rings (SSSR count). The van der Waals surface area contributed by atoms with Gasteiger partial charge in [0.25, 0.3) is 0 Å². The number of benzene rings is 1. The second-order valence-corrected chi connectivity index (χ2v) is 4.49. The lowest BCUT2D eigenvalue weighted by atomic mass is 10.2. The van der Waals surface area contributed by atoms with Gasteiger partial charge < -0.3 is 10.1 Å². The van der Waals surface area contributed by atoms with Gasteiger partial charge in [-0.05, 0) is 32.5 Å². The second-order valence-electron chi connectivity index (χ2n) is 4.49.